The van der Waals surface area contributed by atoms with E-state index >= 15 is 0 Å². The van der Waals surface area contributed by atoms with E-state index in [1.165, 1.54) is 5.69 Å². The summed E-state index contributed by atoms with van der Waals surface area (Å²) in [6.45, 7) is 5.40. The quantitative estimate of drug-likeness (QED) is 0.679. The van der Waals surface area contributed by atoms with Crippen molar-refractivity contribution < 1.29 is 4.74 Å². The van der Waals surface area contributed by atoms with Crippen LogP contribution in [0.25, 0.3) is 0 Å². The maximum absolute atomic E-state index is 5.51. The molecule has 0 saturated carbocycles. The molecular formula is C10H15NO. The van der Waals surface area contributed by atoms with E-state index in [9.17, 15) is 0 Å². The lowest BCUT2D eigenvalue weighted by Crippen LogP contribution is -2.17. The van der Waals surface area contributed by atoms with E-state index in [0.717, 1.165) is 18.8 Å². The number of fused-ring (bicyclic) bond motifs is 1. The number of aromatic nitrogens is 1. The molecule has 0 radical (unpaired) electrons. The summed E-state index contributed by atoms with van der Waals surface area (Å²) in [6, 6.07) is 2.02. The van der Waals surface area contributed by atoms with E-state index in [2.05, 4.69) is 18.8 Å². The van der Waals surface area contributed by atoms with Gasteiger partial charge in [0.2, 0.25) is 0 Å². The minimum atomic E-state index is 0.656. The van der Waals surface area contributed by atoms with E-state index < -0.39 is 0 Å². The third kappa shape index (κ3) is 1.11. The fourth-order valence-corrected chi connectivity index (χ4v) is 1.89. The first-order valence-corrected chi connectivity index (χ1v) is 4.59. The number of aromatic amines is 1. The monoisotopic (exact) mass is 165 g/mol. The molecule has 1 unspecified atom stereocenters. The summed E-state index contributed by atoms with van der Waals surface area (Å²) in [4.78, 5) is 3.26. The van der Waals surface area contributed by atoms with Crippen molar-refractivity contribution >= 4 is 0 Å². The first-order valence-electron chi connectivity index (χ1n) is 4.59. The molecule has 2 rings (SSSR count). The number of hydrogen-bond acceptors (Lipinski definition) is 1. The Labute approximate surface area is 72.9 Å². The molecule has 0 spiro atoms. The summed E-state index contributed by atoms with van der Waals surface area (Å²) in [5.74, 6) is 2.41. The van der Waals surface area contributed by atoms with E-state index in [4.69, 9.17) is 4.74 Å². The lowest BCUT2D eigenvalue weighted by Gasteiger charge is -2.25. The summed E-state index contributed by atoms with van der Waals surface area (Å²) in [5, 5.41) is 0. The van der Waals surface area contributed by atoms with Crippen molar-refractivity contribution in [3.8, 4) is 5.75 Å². The van der Waals surface area contributed by atoms with E-state index in [1.54, 1.807) is 0 Å². The SMILES string of the molecule is CC(C)C1CCOc2cc[nH]c21. The average Bonchev–Trinajstić information content (AvgIpc) is 2.49. The second-order valence-corrected chi connectivity index (χ2v) is 3.74. The highest BCUT2D eigenvalue weighted by Gasteiger charge is 2.24. The van der Waals surface area contributed by atoms with Gasteiger partial charge in [0.05, 0.1) is 12.3 Å². The Balaban J connectivity index is 2.31. The van der Waals surface area contributed by atoms with Crippen LogP contribution >= 0.6 is 0 Å². The fourth-order valence-electron chi connectivity index (χ4n) is 1.89. The number of hydrogen-bond donors (Lipinski definition) is 1. The molecule has 1 aromatic rings. The molecule has 2 nitrogen and oxygen atoms in total. The summed E-state index contributed by atoms with van der Waals surface area (Å²) in [6.07, 6.45) is 3.11. The van der Waals surface area contributed by atoms with Crippen LogP contribution < -0.4 is 4.74 Å². The normalized spacial score (nSPS) is 22.1. The Morgan fingerprint density at radius 3 is 3.17 bits per heavy atom. The number of nitrogens with one attached hydrogen (secondary N) is 1. The van der Waals surface area contributed by atoms with E-state index in [0.29, 0.717) is 11.8 Å². The molecular weight excluding hydrogens is 150 g/mol. The average molecular weight is 165 g/mol. The van der Waals surface area contributed by atoms with Gasteiger partial charge < -0.3 is 9.72 Å². The minimum Gasteiger partial charge on any atom is -0.492 e. The van der Waals surface area contributed by atoms with Gasteiger partial charge in [-0.05, 0) is 18.4 Å². The molecule has 1 aliphatic rings. The van der Waals surface area contributed by atoms with Crippen molar-refractivity contribution in [1.82, 2.24) is 4.98 Å². The topological polar surface area (TPSA) is 25.0 Å². The van der Waals surface area contributed by atoms with Gasteiger partial charge in [-0.1, -0.05) is 13.8 Å². The lowest BCUT2D eigenvalue weighted by molar-refractivity contribution is 0.245. The molecule has 0 fully saturated rings. The van der Waals surface area contributed by atoms with Gasteiger partial charge in [0.15, 0.2) is 0 Å². The highest BCUT2D eigenvalue weighted by atomic mass is 16.5. The molecule has 2 heterocycles. The Kier molecular flexibility index (Phi) is 1.83. The number of H-pyrrole nitrogens is 1. The largest absolute Gasteiger partial charge is 0.492 e. The van der Waals surface area contributed by atoms with Gasteiger partial charge in [-0.2, -0.15) is 0 Å². The maximum Gasteiger partial charge on any atom is 0.140 e. The van der Waals surface area contributed by atoms with Crippen LogP contribution in [0.5, 0.6) is 5.75 Å². The van der Waals surface area contributed by atoms with Gasteiger partial charge in [-0.25, -0.2) is 0 Å². The number of rotatable bonds is 1. The predicted molar refractivity (Wildman–Crippen MR) is 48.5 cm³/mol. The number of ether oxygens (including phenoxy) is 1. The first kappa shape index (κ1) is 7.71. The van der Waals surface area contributed by atoms with Crippen LogP contribution in [0.4, 0.5) is 0 Å². The highest BCUT2D eigenvalue weighted by Crippen LogP contribution is 2.36. The molecule has 1 aromatic heterocycles. The van der Waals surface area contributed by atoms with Crippen LogP contribution in [0.15, 0.2) is 12.3 Å². The van der Waals surface area contributed by atoms with E-state index in [1.807, 2.05) is 12.3 Å². The van der Waals surface area contributed by atoms with Crippen molar-refractivity contribution in [3.05, 3.63) is 18.0 Å². The van der Waals surface area contributed by atoms with Crippen molar-refractivity contribution in [2.45, 2.75) is 26.2 Å². The summed E-state index contributed by atoms with van der Waals surface area (Å²) in [7, 11) is 0. The van der Waals surface area contributed by atoms with Gasteiger partial charge in [0.1, 0.15) is 5.75 Å². The van der Waals surface area contributed by atoms with Gasteiger partial charge in [0, 0.05) is 12.1 Å². The molecule has 1 aliphatic heterocycles. The van der Waals surface area contributed by atoms with Crippen LogP contribution in [0.3, 0.4) is 0 Å². The zero-order valence-corrected chi connectivity index (χ0v) is 7.63. The Hall–Kier alpha value is -0.920. The smallest absolute Gasteiger partial charge is 0.140 e. The molecule has 1 N–H and O–H groups in total. The molecule has 66 valence electrons. The molecule has 1 atom stereocenters. The molecule has 12 heavy (non-hydrogen) atoms. The molecule has 0 aromatic carbocycles. The molecule has 0 aliphatic carbocycles. The van der Waals surface area contributed by atoms with Crippen LogP contribution in [-0.2, 0) is 0 Å². The zero-order valence-electron chi connectivity index (χ0n) is 7.63. The molecule has 0 saturated heterocycles. The van der Waals surface area contributed by atoms with Gasteiger partial charge in [-0.3, -0.25) is 0 Å². The maximum atomic E-state index is 5.51. The molecule has 0 amide bonds. The van der Waals surface area contributed by atoms with Gasteiger partial charge >= 0.3 is 0 Å². The van der Waals surface area contributed by atoms with Gasteiger partial charge in [0.25, 0.3) is 0 Å². The van der Waals surface area contributed by atoms with Crippen LogP contribution in [0, 0.1) is 5.92 Å². The van der Waals surface area contributed by atoms with Crippen molar-refractivity contribution in [1.29, 1.82) is 0 Å². The summed E-state index contributed by atoms with van der Waals surface area (Å²) >= 11 is 0. The minimum absolute atomic E-state index is 0.656. The lowest BCUT2D eigenvalue weighted by atomic mass is 9.88. The van der Waals surface area contributed by atoms with Crippen molar-refractivity contribution in [2.24, 2.45) is 5.92 Å². The van der Waals surface area contributed by atoms with Crippen molar-refractivity contribution in [3.63, 3.8) is 0 Å². The third-order valence-electron chi connectivity index (χ3n) is 2.60. The molecule has 0 bridgehead atoms. The third-order valence-corrected chi connectivity index (χ3v) is 2.60. The predicted octanol–water partition coefficient (Wildman–Crippen LogP) is 2.54. The Morgan fingerprint density at radius 2 is 2.42 bits per heavy atom. The Bertz CT molecular complexity index is 265. The standard InChI is InChI=1S/C10H15NO/c1-7(2)8-4-6-12-9-3-5-11-10(8)9/h3,5,7-8,11H,4,6H2,1-2H3. The zero-order chi connectivity index (χ0) is 8.55. The van der Waals surface area contributed by atoms with Crippen LogP contribution in [0.2, 0.25) is 0 Å². The van der Waals surface area contributed by atoms with Crippen LogP contribution in [0.1, 0.15) is 31.9 Å². The highest BCUT2D eigenvalue weighted by molar-refractivity contribution is 5.32. The van der Waals surface area contributed by atoms with Crippen LogP contribution in [-0.4, -0.2) is 11.6 Å². The van der Waals surface area contributed by atoms with E-state index in [-0.39, 0.29) is 0 Å². The summed E-state index contributed by atoms with van der Waals surface area (Å²) in [5.41, 5.74) is 1.29. The van der Waals surface area contributed by atoms with Crippen molar-refractivity contribution in [2.75, 3.05) is 6.61 Å². The second-order valence-electron chi connectivity index (χ2n) is 3.74. The second kappa shape index (κ2) is 2.85. The molecule has 2 heteroatoms. The van der Waals surface area contributed by atoms with Gasteiger partial charge in [-0.15, -0.1) is 0 Å². The Morgan fingerprint density at radius 1 is 1.58 bits per heavy atom. The first-order chi connectivity index (χ1) is 5.79. The summed E-state index contributed by atoms with van der Waals surface area (Å²) < 4.78 is 5.51. The fraction of sp³-hybridized carbons (Fsp3) is 0.600.